The van der Waals surface area contributed by atoms with Gasteiger partial charge in [0.1, 0.15) is 18.4 Å². The number of hydrogen-bond acceptors (Lipinski definition) is 4. The summed E-state index contributed by atoms with van der Waals surface area (Å²) in [4.78, 5) is 11.8. The molecule has 1 aliphatic rings. The van der Waals surface area contributed by atoms with E-state index < -0.39 is 0 Å². The summed E-state index contributed by atoms with van der Waals surface area (Å²) in [7, 11) is 1.41. The summed E-state index contributed by atoms with van der Waals surface area (Å²) in [6, 6.07) is 15.6. The molecule has 0 saturated heterocycles. The Kier molecular flexibility index (Phi) is 4.39. The molecular weight excluding hydrogens is 278 g/mol. The van der Waals surface area contributed by atoms with Crippen molar-refractivity contribution >= 4 is 5.97 Å². The van der Waals surface area contributed by atoms with Gasteiger partial charge in [-0.1, -0.05) is 36.4 Å². The van der Waals surface area contributed by atoms with E-state index in [0.29, 0.717) is 6.61 Å². The zero-order valence-electron chi connectivity index (χ0n) is 12.5. The molecule has 1 atom stereocenters. The third-order valence-electron chi connectivity index (χ3n) is 3.85. The summed E-state index contributed by atoms with van der Waals surface area (Å²) in [5, 5.41) is 3.19. The van der Waals surface area contributed by atoms with Crippen LogP contribution in [-0.2, 0) is 22.6 Å². The van der Waals surface area contributed by atoms with E-state index in [0.717, 1.165) is 35.4 Å². The predicted molar refractivity (Wildman–Crippen MR) is 83.7 cm³/mol. The number of benzene rings is 2. The Morgan fingerprint density at radius 3 is 2.82 bits per heavy atom. The van der Waals surface area contributed by atoms with Crippen LogP contribution in [0.3, 0.4) is 0 Å². The quantitative estimate of drug-likeness (QED) is 0.881. The molecule has 0 amide bonds. The van der Waals surface area contributed by atoms with Gasteiger partial charge in [0.25, 0.3) is 0 Å². The van der Waals surface area contributed by atoms with Gasteiger partial charge in [0.2, 0.25) is 0 Å². The Morgan fingerprint density at radius 2 is 2.05 bits per heavy atom. The molecule has 0 aromatic heterocycles. The van der Waals surface area contributed by atoms with Crippen molar-refractivity contribution in [1.29, 1.82) is 0 Å². The monoisotopic (exact) mass is 297 g/mol. The molecule has 0 bridgehead atoms. The first-order valence-electron chi connectivity index (χ1n) is 7.38. The first-order valence-corrected chi connectivity index (χ1v) is 7.38. The fourth-order valence-electron chi connectivity index (χ4n) is 2.70. The van der Waals surface area contributed by atoms with E-state index in [1.54, 1.807) is 0 Å². The fourth-order valence-corrected chi connectivity index (χ4v) is 2.70. The lowest BCUT2D eigenvalue weighted by molar-refractivity contribution is -0.143. The molecule has 1 N–H and O–H groups in total. The summed E-state index contributed by atoms with van der Waals surface area (Å²) in [5.41, 5.74) is 3.25. The molecule has 2 aromatic rings. The SMILES string of the molecule is COC(=O)C1NCCc2cc(OCc3ccccc3)ccc21. The van der Waals surface area contributed by atoms with Gasteiger partial charge in [-0.3, -0.25) is 0 Å². The van der Waals surface area contributed by atoms with Gasteiger partial charge in [0.15, 0.2) is 0 Å². The van der Waals surface area contributed by atoms with E-state index >= 15 is 0 Å². The average molecular weight is 297 g/mol. The highest BCUT2D eigenvalue weighted by atomic mass is 16.5. The standard InChI is InChI=1S/C18H19NO3/c1-21-18(20)17-16-8-7-15(11-14(16)9-10-19-17)22-12-13-5-3-2-4-6-13/h2-8,11,17,19H,9-10,12H2,1H3. The molecule has 3 rings (SSSR count). The van der Waals surface area contributed by atoms with Crippen molar-refractivity contribution in [2.75, 3.05) is 13.7 Å². The van der Waals surface area contributed by atoms with Gasteiger partial charge in [0.05, 0.1) is 7.11 Å². The molecule has 0 saturated carbocycles. The molecule has 0 fully saturated rings. The summed E-state index contributed by atoms with van der Waals surface area (Å²) >= 11 is 0. The molecular formula is C18H19NO3. The van der Waals surface area contributed by atoms with Crippen molar-refractivity contribution < 1.29 is 14.3 Å². The Hall–Kier alpha value is -2.33. The van der Waals surface area contributed by atoms with E-state index in [-0.39, 0.29) is 12.0 Å². The number of ether oxygens (including phenoxy) is 2. The van der Waals surface area contributed by atoms with Gasteiger partial charge >= 0.3 is 5.97 Å². The van der Waals surface area contributed by atoms with Gasteiger partial charge in [-0.2, -0.15) is 0 Å². The highest BCUT2D eigenvalue weighted by molar-refractivity contribution is 5.78. The minimum atomic E-state index is -0.378. The van der Waals surface area contributed by atoms with Crippen LogP contribution in [0, 0.1) is 0 Å². The summed E-state index contributed by atoms with van der Waals surface area (Å²) in [6.45, 7) is 1.30. The number of carbonyl (C=O) groups is 1. The summed E-state index contributed by atoms with van der Waals surface area (Å²) in [6.07, 6.45) is 0.880. The average Bonchev–Trinajstić information content (AvgIpc) is 2.59. The van der Waals surface area contributed by atoms with Crippen LogP contribution in [-0.4, -0.2) is 19.6 Å². The van der Waals surface area contributed by atoms with Crippen molar-refractivity contribution in [2.24, 2.45) is 0 Å². The molecule has 2 aromatic carbocycles. The number of hydrogen-bond donors (Lipinski definition) is 1. The van der Waals surface area contributed by atoms with E-state index in [1.165, 1.54) is 7.11 Å². The lowest BCUT2D eigenvalue weighted by atomic mass is 9.94. The Labute approximate surface area is 130 Å². The lowest BCUT2D eigenvalue weighted by Crippen LogP contribution is -2.35. The number of carbonyl (C=O) groups excluding carboxylic acids is 1. The Balaban J connectivity index is 1.75. The largest absolute Gasteiger partial charge is 0.489 e. The van der Waals surface area contributed by atoms with E-state index in [2.05, 4.69) is 5.32 Å². The predicted octanol–water partition coefficient (Wildman–Crippen LogP) is 2.63. The van der Waals surface area contributed by atoms with Crippen molar-refractivity contribution in [2.45, 2.75) is 19.1 Å². The maximum Gasteiger partial charge on any atom is 0.327 e. The van der Waals surface area contributed by atoms with Gasteiger partial charge in [-0.25, -0.2) is 4.79 Å². The minimum Gasteiger partial charge on any atom is -0.489 e. The minimum absolute atomic E-state index is 0.251. The van der Waals surface area contributed by atoms with Crippen LogP contribution in [0.15, 0.2) is 48.5 Å². The van der Waals surface area contributed by atoms with Crippen LogP contribution >= 0.6 is 0 Å². The third-order valence-corrected chi connectivity index (χ3v) is 3.85. The van der Waals surface area contributed by atoms with Crippen LogP contribution in [0.1, 0.15) is 22.7 Å². The molecule has 114 valence electrons. The number of methoxy groups -OCH3 is 1. The Bertz CT molecular complexity index is 655. The van der Waals surface area contributed by atoms with E-state index in [4.69, 9.17) is 9.47 Å². The molecule has 0 spiro atoms. The van der Waals surface area contributed by atoms with Crippen LogP contribution in [0.2, 0.25) is 0 Å². The van der Waals surface area contributed by atoms with Crippen molar-refractivity contribution in [3.8, 4) is 5.75 Å². The number of fused-ring (bicyclic) bond motifs is 1. The van der Waals surface area contributed by atoms with Crippen LogP contribution in [0.25, 0.3) is 0 Å². The number of rotatable bonds is 4. The van der Waals surface area contributed by atoms with Gasteiger partial charge < -0.3 is 14.8 Å². The maximum atomic E-state index is 11.8. The number of nitrogens with one attached hydrogen (secondary N) is 1. The molecule has 1 aliphatic heterocycles. The first-order chi connectivity index (χ1) is 10.8. The highest BCUT2D eigenvalue weighted by Gasteiger charge is 2.26. The fraction of sp³-hybridized carbons (Fsp3) is 0.278. The maximum absolute atomic E-state index is 11.8. The lowest BCUT2D eigenvalue weighted by Gasteiger charge is -2.25. The van der Waals surface area contributed by atoms with Gasteiger partial charge in [0, 0.05) is 6.54 Å². The summed E-state index contributed by atoms with van der Waals surface area (Å²) < 4.78 is 10.7. The second-order valence-electron chi connectivity index (χ2n) is 5.30. The van der Waals surface area contributed by atoms with Crippen LogP contribution in [0.5, 0.6) is 5.75 Å². The second kappa shape index (κ2) is 6.62. The molecule has 0 aliphatic carbocycles. The molecule has 0 radical (unpaired) electrons. The Morgan fingerprint density at radius 1 is 1.23 bits per heavy atom. The zero-order chi connectivity index (χ0) is 15.4. The van der Waals surface area contributed by atoms with E-state index in [9.17, 15) is 4.79 Å². The molecule has 1 heterocycles. The molecule has 4 nitrogen and oxygen atoms in total. The molecule has 1 unspecified atom stereocenters. The molecule has 22 heavy (non-hydrogen) atoms. The van der Waals surface area contributed by atoms with Crippen molar-refractivity contribution in [1.82, 2.24) is 5.32 Å². The van der Waals surface area contributed by atoms with Crippen LogP contribution < -0.4 is 10.1 Å². The summed E-state index contributed by atoms with van der Waals surface area (Å²) in [5.74, 6) is 0.576. The smallest absolute Gasteiger partial charge is 0.327 e. The third kappa shape index (κ3) is 3.12. The topological polar surface area (TPSA) is 47.6 Å². The first kappa shape index (κ1) is 14.6. The van der Waals surface area contributed by atoms with Gasteiger partial charge in [-0.05, 0) is 35.2 Å². The van der Waals surface area contributed by atoms with E-state index in [1.807, 2.05) is 48.5 Å². The highest BCUT2D eigenvalue weighted by Crippen LogP contribution is 2.28. The van der Waals surface area contributed by atoms with Crippen molar-refractivity contribution in [3.63, 3.8) is 0 Å². The zero-order valence-corrected chi connectivity index (χ0v) is 12.5. The van der Waals surface area contributed by atoms with Gasteiger partial charge in [-0.15, -0.1) is 0 Å². The van der Waals surface area contributed by atoms with Crippen LogP contribution in [0.4, 0.5) is 0 Å². The molecule has 4 heteroatoms. The number of esters is 1. The normalized spacial score (nSPS) is 16.7. The second-order valence-corrected chi connectivity index (χ2v) is 5.30. The van der Waals surface area contributed by atoms with Crippen molar-refractivity contribution in [3.05, 3.63) is 65.2 Å².